The minimum absolute atomic E-state index is 0.0702. The summed E-state index contributed by atoms with van der Waals surface area (Å²) >= 11 is 0. The summed E-state index contributed by atoms with van der Waals surface area (Å²) in [7, 11) is -1.54. The largest absolute Gasteiger partial charge is 0.465 e. The Morgan fingerprint density at radius 3 is 1.69 bits per heavy atom. The first-order chi connectivity index (χ1) is 12.2. The van der Waals surface area contributed by atoms with Crippen molar-refractivity contribution in [1.82, 2.24) is 0 Å². The second-order valence-corrected chi connectivity index (χ2v) is 11.1. The van der Waals surface area contributed by atoms with E-state index in [1.807, 2.05) is 0 Å². The minimum atomic E-state index is -1.59. The lowest BCUT2D eigenvalue weighted by molar-refractivity contribution is -0.171. The highest BCUT2D eigenvalue weighted by Gasteiger charge is 2.48. The van der Waals surface area contributed by atoms with Crippen molar-refractivity contribution in [1.29, 1.82) is 0 Å². The fourth-order valence-corrected chi connectivity index (χ4v) is 2.17. The molecule has 0 amide bonds. The molecule has 0 heterocycles. The Kier molecular flexibility index (Phi) is 10.7. The van der Waals surface area contributed by atoms with E-state index in [-0.39, 0.29) is 26.1 Å². The van der Waals surface area contributed by atoms with Gasteiger partial charge in [0.05, 0.1) is 13.2 Å². The van der Waals surface area contributed by atoms with Gasteiger partial charge in [-0.3, -0.25) is 9.59 Å². The van der Waals surface area contributed by atoms with Gasteiger partial charge in [-0.15, -0.1) is 5.54 Å². The maximum Gasteiger partial charge on any atom is 0.325 e. The minimum Gasteiger partial charge on any atom is -0.465 e. The van der Waals surface area contributed by atoms with Crippen LogP contribution in [0, 0.1) is 52.4 Å². The van der Waals surface area contributed by atoms with Crippen LogP contribution in [0.4, 0.5) is 0 Å². The smallest absolute Gasteiger partial charge is 0.325 e. The molecule has 0 aromatic rings. The van der Waals surface area contributed by atoms with Gasteiger partial charge in [-0.25, -0.2) is 0 Å². The van der Waals surface area contributed by atoms with Gasteiger partial charge < -0.3 is 9.47 Å². The summed E-state index contributed by atoms with van der Waals surface area (Å²) in [5.41, 5.74) is 1.52. The van der Waals surface area contributed by atoms with E-state index >= 15 is 0 Å². The van der Waals surface area contributed by atoms with Crippen LogP contribution < -0.4 is 0 Å². The SMILES string of the molecule is CC#CC#CCC(CC#CC#C[Si](C)(C)C)(C(=O)OCC)C(=O)OCC. The number of carbonyl (C=O) groups is 2. The molecule has 4 nitrogen and oxygen atoms in total. The average Bonchev–Trinajstić information content (AvgIpc) is 2.56. The van der Waals surface area contributed by atoms with Crippen molar-refractivity contribution >= 4 is 20.0 Å². The quantitative estimate of drug-likeness (QED) is 0.312. The molecule has 0 spiro atoms. The number of carbonyl (C=O) groups excluding carboxylic acids is 2. The molecule has 5 heteroatoms. The van der Waals surface area contributed by atoms with Crippen molar-refractivity contribution in [2.24, 2.45) is 5.41 Å². The topological polar surface area (TPSA) is 52.6 Å². The zero-order chi connectivity index (χ0) is 20.1. The highest BCUT2D eigenvalue weighted by molar-refractivity contribution is 6.83. The van der Waals surface area contributed by atoms with Gasteiger partial charge in [-0.2, -0.15) is 0 Å². The van der Waals surface area contributed by atoms with E-state index in [1.54, 1.807) is 20.8 Å². The molecule has 26 heavy (non-hydrogen) atoms. The zero-order valence-electron chi connectivity index (χ0n) is 16.5. The Morgan fingerprint density at radius 2 is 1.31 bits per heavy atom. The van der Waals surface area contributed by atoms with Crippen LogP contribution in [-0.4, -0.2) is 33.2 Å². The first-order valence-corrected chi connectivity index (χ1v) is 12.0. The number of hydrogen-bond donors (Lipinski definition) is 0. The van der Waals surface area contributed by atoms with E-state index in [2.05, 4.69) is 66.6 Å². The first-order valence-electron chi connectivity index (χ1n) is 8.47. The Hall–Kier alpha value is -2.60. The first kappa shape index (κ1) is 23.4. The molecule has 0 atom stereocenters. The molecule has 0 aromatic heterocycles. The summed E-state index contributed by atoms with van der Waals surface area (Å²) < 4.78 is 10.2. The third kappa shape index (κ3) is 8.48. The molecule has 0 unspecified atom stereocenters. The molecule has 0 N–H and O–H groups in total. The van der Waals surface area contributed by atoms with Crippen LogP contribution in [0.15, 0.2) is 0 Å². The molecule has 0 bridgehead atoms. The number of rotatable bonds is 6. The van der Waals surface area contributed by atoms with Crippen molar-refractivity contribution in [2.75, 3.05) is 13.2 Å². The lowest BCUT2D eigenvalue weighted by Crippen LogP contribution is -2.41. The van der Waals surface area contributed by atoms with Gasteiger partial charge >= 0.3 is 11.9 Å². The van der Waals surface area contributed by atoms with Crippen molar-refractivity contribution in [2.45, 2.75) is 53.3 Å². The molecule has 0 aromatic carbocycles. The molecular formula is C21H26O4Si. The number of hydrogen-bond acceptors (Lipinski definition) is 4. The van der Waals surface area contributed by atoms with E-state index < -0.39 is 25.4 Å². The maximum atomic E-state index is 12.5. The molecule has 0 saturated heterocycles. The predicted octanol–water partition coefficient (Wildman–Crippen LogP) is 2.79. The van der Waals surface area contributed by atoms with E-state index in [9.17, 15) is 9.59 Å². The van der Waals surface area contributed by atoms with E-state index in [0.29, 0.717) is 0 Å². The average molecular weight is 371 g/mol. The van der Waals surface area contributed by atoms with Crippen LogP contribution in [-0.2, 0) is 19.1 Å². The Morgan fingerprint density at radius 1 is 0.846 bits per heavy atom. The molecule has 138 valence electrons. The molecular weight excluding hydrogens is 344 g/mol. The van der Waals surface area contributed by atoms with Gasteiger partial charge in [0.15, 0.2) is 5.41 Å². The summed E-state index contributed by atoms with van der Waals surface area (Å²) in [6.45, 7) is 11.6. The van der Waals surface area contributed by atoms with E-state index in [1.165, 1.54) is 0 Å². The van der Waals surface area contributed by atoms with Gasteiger partial charge in [-0.1, -0.05) is 37.4 Å². The zero-order valence-corrected chi connectivity index (χ0v) is 17.5. The highest BCUT2D eigenvalue weighted by Crippen LogP contribution is 2.30. The van der Waals surface area contributed by atoms with Crippen LogP contribution in [0.2, 0.25) is 19.6 Å². The third-order valence-corrected chi connectivity index (χ3v) is 3.85. The Balaban J connectivity index is 5.83. The predicted molar refractivity (Wildman–Crippen MR) is 105 cm³/mol. The lowest BCUT2D eigenvalue weighted by Gasteiger charge is -2.25. The summed E-state index contributed by atoms with van der Waals surface area (Å²) in [5, 5.41) is 0. The number of ether oxygens (including phenoxy) is 2. The van der Waals surface area contributed by atoms with Crippen LogP contribution in [0.1, 0.15) is 33.6 Å². The van der Waals surface area contributed by atoms with Crippen LogP contribution in [0.25, 0.3) is 0 Å². The van der Waals surface area contributed by atoms with E-state index in [4.69, 9.17) is 9.47 Å². The summed E-state index contributed by atoms with van der Waals surface area (Å²) in [6, 6.07) is 0. The molecule has 0 rings (SSSR count). The molecule has 0 aliphatic rings. The number of esters is 2. The second kappa shape index (κ2) is 11.9. The van der Waals surface area contributed by atoms with Crippen molar-refractivity contribution < 1.29 is 19.1 Å². The lowest BCUT2D eigenvalue weighted by atomic mass is 9.81. The van der Waals surface area contributed by atoms with E-state index in [0.717, 1.165) is 0 Å². The fourth-order valence-electron chi connectivity index (χ4n) is 1.73. The van der Waals surface area contributed by atoms with Crippen molar-refractivity contribution in [3.63, 3.8) is 0 Å². The second-order valence-electron chi connectivity index (χ2n) is 6.36. The normalized spacial score (nSPS) is 9.62. The van der Waals surface area contributed by atoms with Gasteiger partial charge in [0.1, 0.15) is 8.07 Å². The van der Waals surface area contributed by atoms with Crippen LogP contribution in [0.5, 0.6) is 0 Å². The fraction of sp³-hybridized carbons (Fsp3) is 0.524. The molecule has 0 saturated carbocycles. The van der Waals surface area contributed by atoms with Crippen molar-refractivity contribution in [3.8, 4) is 47.0 Å². The molecule has 0 aliphatic heterocycles. The molecule has 0 aliphatic carbocycles. The highest BCUT2D eigenvalue weighted by atomic mass is 28.3. The Bertz CT molecular complexity index is 725. The Labute approximate surface area is 158 Å². The summed E-state index contributed by atoms with van der Waals surface area (Å²) in [4.78, 5) is 25.1. The van der Waals surface area contributed by atoms with Gasteiger partial charge in [0.25, 0.3) is 0 Å². The summed E-state index contributed by atoms with van der Waals surface area (Å²) in [5.74, 6) is 17.5. The third-order valence-electron chi connectivity index (χ3n) is 2.98. The standard InChI is InChI=1S/C21H26O4Si/c1-7-10-11-13-16-21(19(22)24-8-2,20(23)25-9-3)17-14-12-15-18-26(4,5)6/h8-9,16-17H2,1-6H3. The van der Waals surface area contributed by atoms with Crippen molar-refractivity contribution in [3.05, 3.63) is 0 Å². The maximum absolute atomic E-state index is 12.5. The monoisotopic (exact) mass is 370 g/mol. The van der Waals surface area contributed by atoms with Crippen LogP contribution in [0.3, 0.4) is 0 Å². The summed E-state index contributed by atoms with van der Waals surface area (Å²) in [6.07, 6.45) is -0.144. The van der Waals surface area contributed by atoms with Gasteiger partial charge in [0, 0.05) is 12.8 Å². The van der Waals surface area contributed by atoms with Gasteiger partial charge in [-0.05, 0) is 44.5 Å². The molecule has 0 fully saturated rings. The van der Waals surface area contributed by atoms with Gasteiger partial charge in [0.2, 0.25) is 0 Å². The van der Waals surface area contributed by atoms with Crippen LogP contribution >= 0.6 is 0 Å². The molecule has 0 radical (unpaired) electrons.